The van der Waals surface area contributed by atoms with Gasteiger partial charge in [0.1, 0.15) is 4.90 Å². The lowest BCUT2D eigenvalue weighted by Gasteiger charge is -2.22. The molecule has 0 fully saturated rings. The number of anilines is 2. The average molecular weight is 327 g/mol. The van der Waals surface area contributed by atoms with Crippen LogP contribution in [0.25, 0.3) is 0 Å². The summed E-state index contributed by atoms with van der Waals surface area (Å²) in [6.45, 7) is 2.05. The number of hydrogen-bond donors (Lipinski definition) is 2. The van der Waals surface area contributed by atoms with Gasteiger partial charge in [-0.1, -0.05) is 29.8 Å². The van der Waals surface area contributed by atoms with E-state index in [1.165, 1.54) is 16.6 Å². The summed E-state index contributed by atoms with van der Waals surface area (Å²) in [5.41, 5.74) is 2.88. The van der Waals surface area contributed by atoms with Crippen LogP contribution in [0.3, 0.4) is 0 Å². The van der Waals surface area contributed by atoms with E-state index < -0.39 is 10.0 Å². The SMILES string of the molecule is CCN(c1ccccc1)S(=O)(=O)c1cnc(NN)c(Cl)c1. The standard InChI is InChI=1S/C13H15ClN4O2S/c1-2-18(10-6-4-3-5-7-10)21(19,20)11-8-12(14)13(17-15)16-9-11/h3-9H,2,15H2,1H3,(H,16,17). The fourth-order valence-electron chi connectivity index (χ4n) is 1.88. The first-order valence-electron chi connectivity index (χ1n) is 6.20. The van der Waals surface area contributed by atoms with Crippen molar-refractivity contribution in [2.24, 2.45) is 5.84 Å². The number of nitrogen functional groups attached to an aromatic ring is 1. The van der Waals surface area contributed by atoms with Crippen molar-refractivity contribution in [3.8, 4) is 0 Å². The molecule has 2 rings (SSSR count). The molecule has 8 heteroatoms. The Balaban J connectivity index is 2.47. The number of nitrogens with two attached hydrogens (primary N) is 1. The Morgan fingerprint density at radius 1 is 1.33 bits per heavy atom. The van der Waals surface area contributed by atoms with Gasteiger partial charge in [-0.15, -0.1) is 0 Å². The van der Waals surface area contributed by atoms with Gasteiger partial charge in [0.2, 0.25) is 0 Å². The summed E-state index contributed by atoms with van der Waals surface area (Å²) >= 11 is 5.94. The number of sulfonamides is 1. The number of halogens is 1. The second kappa shape index (κ2) is 6.30. The van der Waals surface area contributed by atoms with Crippen LogP contribution in [0.1, 0.15) is 6.92 Å². The van der Waals surface area contributed by atoms with Gasteiger partial charge < -0.3 is 5.43 Å². The largest absolute Gasteiger partial charge is 0.307 e. The molecule has 0 amide bonds. The second-order valence-electron chi connectivity index (χ2n) is 4.15. The van der Waals surface area contributed by atoms with E-state index in [1.807, 2.05) is 6.07 Å². The van der Waals surface area contributed by atoms with Gasteiger partial charge in [0.15, 0.2) is 5.82 Å². The summed E-state index contributed by atoms with van der Waals surface area (Å²) < 4.78 is 26.7. The van der Waals surface area contributed by atoms with E-state index in [-0.39, 0.29) is 15.7 Å². The number of pyridine rings is 1. The van der Waals surface area contributed by atoms with Gasteiger partial charge >= 0.3 is 0 Å². The van der Waals surface area contributed by atoms with Crippen LogP contribution < -0.4 is 15.6 Å². The first-order chi connectivity index (χ1) is 10.0. The van der Waals surface area contributed by atoms with Crippen LogP contribution in [0.5, 0.6) is 0 Å². The van der Waals surface area contributed by atoms with Crippen LogP contribution in [0.2, 0.25) is 5.02 Å². The lowest BCUT2D eigenvalue weighted by atomic mass is 10.3. The maximum absolute atomic E-state index is 12.7. The van der Waals surface area contributed by atoms with Crippen LogP contribution >= 0.6 is 11.6 Å². The maximum Gasteiger partial charge on any atom is 0.265 e. The number of aromatic nitrogens is 1. The highest BCUT2D eigenvalue weighted by Crippen LogP contribution is 2.26. The number of nitrogens with one attached hydrogen (secondary N) is 1. The van der Waals surface area contributed by atoms with Crippen LogP contribution in [0.4, 0.5) is 11.5 Å². The normalized spacial score (nSPS) is 11.2. The van der Waals surface area contributed by atoms with Crippen molar-refractivity contribution in [3.63, 3.8) is 0 Å². The lowest BCUT2D eigenvalue weighted by Crippen LogP contribution is -2.30. The third-order valence-electron chi connectivity index (χ3n) is 2.87. The number of hydrazine groups is 1. The topological polar surface area (TPSA) is 88.3 Å². The molecule has 0 radical (unpaired) electrons. The molecule has 21 heavy (non-hydrogen) atoms. The van der Waals surface area contributed by atoms with E-state index in [4.69, 9.17) is 17.4 Å². The molecule has 1 aromatic carbocycles. The van der Waals surface area contributed by atoms with Crippen molar-refractivity contribution >= 4 is 33.1 Å². The molecular weight excluding hydrogens is 312 g/mol. The minimum Gasteiger partial charge on any atom is -0.307 e. The van der Waals surface area contributed by atoms with Crippen molar-refractivity contribution < 1.29 is 8.42 Å². The Labute approximate surface area is 128 Å². The van der Waals surface area contributed by atoms with E-state index >= 15 is 0 Å². The molecule has 1 heterocycles. The molecule has 0 aliphatic heterocycles. The number of hydrogen-bond acceptors (Lipinski definition) is 5. The van der Waals surface area contributed by atoms with Gasteiger partial charge in [-0.3, -0.25) is 4.31 Å². The molecule has 2 aromatic rings. The Morgan fingerprint density at radius 2 is 2.00 bits per heavy atom. The molecule has 0 bridgehead atoms. The smallest absolute Gasteiger partial charge is 0.265 e. The summed E-state index contributed by atoms with van der Waals surface area (Å²) in [7, 11) is -3.73. The lowest BCUT2D eigenvalue weighted by molar-refractivity contribution is 0.591. The summed E-state index contributed by atoms with van der Waals surface area (Å²) in [5, 5.41) is 0.141. The van der Waals surface area contributed by atoms with Crippen LogP contribution in [-0.2, 0) is 10.0 Å². The number of nitrogens with zero attached hydrogens (tertiary/aromatic N) is 2. The Hall–Kier alpha value is -1.83. The summed E-state index contributed by atoms with van der Waals surface area (Å²) in [5.74, 6) is 5.45. The summed E-state index contributed by atoms with van der Waals surface area (Å²) in [6.07, 6.45) is 1.22. The molecular formula is C13H15ClN4O2S. The average Bonchev–Trinajstić information content (AvgIpc) is 2.48. The second-order valence-corrected chi connectivity index (χ2v) is 6.42. The van der Waals surface area contributed by atoms with Gasteiger partial charge in [0.25, 0.3) is 10.0 Å². The number of para-hydroxylation sites is 1. The molecule has 3 N–H and O–H groups in total. The van der Waals surface area contributed by atoms with E-state index in [9.17, 15) is 8.42 Å². The zero-order valence-corrected chi connectivity index (χ0v) is 12.9. The van der Waals surface area contributed by atoms with Gasteiger partial charge in [0.05, 0.1) is 10.7 Å². The molecule has 0 aliphatic rings. The van der Waals surface area contributed by atoms with E-state index in [2.05, 4.69) is 10.4 Å². The molecule has 112 valence electrons. The van der Waals surface area contributed by atoms with Crippen molar-refractivity contribution in [2.45, 2.75) is 11.8 Å². The molecule has 0 saturated carbocycles. The van der Waals surface area contributed by atoms with Gasteiger partial charge in [-0.05, 0) is 25.1 Å². The first-order valence-corrected chi connectivity index (χ1v) is 8.02. The van der Waals surface area contributed by atoms with Crippen LogP contribution in [0, 0.1) is 0 Å². The highest BCUT2D eigenvalue weighted by Gasteiger charge is 2.24. The Morgan fingerprint density at radius 3 is 2.52 bits per heavy atom. The zero-order chi connectivity index (χ0) is 15.5. The molecule has 0 unspecified atom stereocenters. The quantitative estimate of drug-likeness (QED) is 0.650. The minimum absolute atomic E-state index is 0.0113. The van der Waals surface area contributed by atoms with Gasteiger partial charge in [0, 0.05) is 12.7 Å². The van der Waals surface area contributed by atoms with Crippen molar-refractivity contribution in [1.29, 1.82) is 0 Å². The summed E-state index contributed by atoms with van der Waals surface area (Å²) in [6, 6.07) is 10.2. The predicted molar refractivity (Wildman–Crippen MR) is 83.7 cm³/mol. The Bertz CT molecular complexity index is 722. The van der Waals surface area contributed by atoms with E-state index in [0.717, 1.165) is 0 Å². The van der Waals surface area contributed by atoms with Crippen molar-refractivity contribution in [1.82, 2.24) is 4.98 Å². The molecule has 0 aliphatic carbocycles. The molecule has 0 spiro atoms. The molecule has 0 atom stereocenters. The zero-order valence-electron chi connectivity index (χ0n) is 11.3. The first kappa shape index (κ1) is 15.6. The minimum atomic E-state index is -3.73. The van der Waals surface area contributed by atoms with E-state index in [1.54, 1.807) is 31.2 Å². The predicted octanol–water partition coefficient (Wildman–Crippen LogP) is 2.24. The van der Waals surface area contributed by atoms with Crippen molar-refractivity contribution in [3.05, 3.63) is 47.6 Å². The fraction of sp³-hybridized carbons (Fsp3) is 0.154. The van der Waals surface area contributed by atoms with E-state index in [0.29, 0.717) is 12.2 Å². The molecule has 6 nitrogen and oxygen atoms in total. The maximum atomic E-state index is 12.7. The highest BCUT2D eigenvalue weighted by atomic mass is 35.5. The highest BCUT2D eigenvalue weighted by molar-refractivity contribution is 7.92. The monoisotopic (exact) mass is 326 g/mol. The molecule has 1 aromatic heterocycles. The summed E-state index contributed by atoms with van der Waals surface area (Å²) in [4.78, 5) is 3.91. The van der Waals surface area contributed by atoms with Gasteiger partial charge in [-0.2, -0.15) is 0 Å². The van der Waals surface area contributed by atoms with Crippen molar-refractivity contribution in [2.75, 3.05) is 16.3 Å². The van der Waals surface area contributed by atoms with Crippen LogP contribution in [-0.4, -0.2) is 19.9 Å². The van der Waals surface area contributed by atoms with Gasteiger partial charge in [-0.25, -0.2) is 19.2 Å². The molecule has 0 saturated heterocycles. The van der Waals surface area contributed by atoms with Crippen LogP contribution in [0.15, 0.2) is 47.5 Å². The number of benzene rings is 1. The third kappa shape index (κ3) is 3.10. The third-order valence-corrected chi connectivity index (χ3v) is 5.03. The Kier molecular flexibility index (Phi) is 4.66. The fourth-order valence-corrected chi connectivity index (χ4v) is 3.61. The number of rotatable bonds is 5.